The molecule has 7 heteroatoms. The van der Waals surface area contributed by atoms with Crippen molar-refractivity contribution < 1.29 is 9.90 Å². The molecule has 0 unspecified atom stereocenters. The van der Waals surface area contributed by atoms with Crippen LogP contribution in [0.4, 0.5) is 0 Å². The number of likely N-dealkylation sites (tertiary alicyclic amines) is 2. The summed E-state index contributed by atoms with van der Waals surface area (Å²) >= 11 is 6.18. The summed E-state index contributed by atoms with van der Waals surface area (Å²) in [5, 5.41) is 16.3. The Labute approximate surface area is 164 Å². The van der Waals surface area contributed by atoms with Crippen LogP contribution in [0.15, 0.2) is 36.5 Å². The summed E-state index contributed by atoms with van der Waals surface area (Å²) in [6, 6.07) is 9.70. The third kappa shape index (κ3) is 3.37. The summed E-state index contributed by atoms with van der Waals surface area (Å²) < 4.78 is 1.55. The van der Waals surface area contributed by atoms with E-state index < -0.39 is 5.60 Å². The number of hydrogen-bond donors (Lipinski definition) is 1. The Balaban J connectivity index is 1.63. The molecule has 4 rings (SSSR count). The fourth-order valence-electron chi connectivity index (χ4n) is 4.40. The Morgan fingerprint density at radius 1 is 1.22 bits per heavy atom. The van der Waals surface area contributed by atoms with E-state index in [1.807, 2.05) is 30.3 Å². The van der Waals surface area contributed by atoms with Crippen molar-refractivity contribution in [2.75, 3.05) is 26.2 Å². The first-order valence-electron chi connectivity index (χ1n) is 9.49. The molecule has 6 nitrogen and oxygen atoms in total. The normalized spacial score (nSPS) is 26.5. The van der Waals surface area contributed by atoms with E-state index >= 15 is 0 Å². The van der Waals surface area contributed by atoms with Crippen molar-refractivity contribution in [1.29, 1.82) is 0 Å². The third-order valence-corrected chi connectivity index (χ3v) is 6.11. The minimum atomic E-state index is -0.962. The van der Waals surface area contributed by atoms with Gasteiger partial charge in [0.05, 0.1) is 11.1 Å². The number of carbonyl (C=O) groups excluding carboxylic acids is 1. The predicted octanol–water partition coefficient (Wildman–Crippen LogP) is 2.27. The molecule has 3 heterocycles. The van der Waals surface area contributed by atoms with Gasteiger partial charge < -0.3 is 10.0 Å². The molecule has 0 aliphatic carbocycles. The van der Waals surface area contributed by atoms with Crippen molar-refractivity contribution >= 4 is 17.5 Å². The van der Waals surface area contributed by atoms with Crippen molar-refractivity contribution in [1.82, 2.24) is 19.6 Å². The molecule has 2 aliphatic rings. The van der Waals surface area contributed by atoms with Crippen LogP contribution in [0, 0.1) is 0 Å². The Kier molecular flexibility index (Phi) is 4.97. The number of piperidine rings is 1. The molecule has 27 heavy (non-hydrogen) atoms. The van der Waals surface area contributed by atoms with E-state index in [9.17, 15) is 9.90 Å². The molecule has 2 aliphatic heterocycles. The molecule has 1 aromatic heterocycles. The van der Waals surface area contributed by atoms with Crippen LogP contribution in [0.2, 0.25) is 5.02 Å². The Hall–Kier alpha value is -1.89. The van der Waals surface area contributed by atoms with Gasteiger partial charge in [-0.1, -0.05) is 41.9 Å². The van der Waals surface area contributed by atoms with Crippen molar-refractivity contribution in [3.8, 4) is 0 Å². The van der Waals surface area contributed by atoms with Gasteiger partial charge in [-0.05, 0) is 37.9 Å². The molecular formula is C20H25ClN4O2. The maximum absolute atomic E-state index is 13.0. The first-order valence-corrected chi connectivity index (χ1v) is 9.87. The average molecular weight is 389 g/mol. The molecule has 1 N–H and O–H groups in total. The van der Waals surface area contributed by atoms with Crippen molar-refractivity contribution in [3.05, 3.63) is 52.8 Å². The van der Waals surface area contributed by atoms with Gasteiger partial charge in [-0.2, -0.15) is 5.10 Å². The lowest BCUT2D eigenvalue weighted by molar-refractivity contribution is -0.0878. The zero-order valence-corrected chi connectivity index (χ0v) is 16.3. The number of benzene rings is 1. The maximum atomic E-state index is 13.0. The van der Waals surface area contributed by atoms with Gasteiger partial charge in [0.15, 0.2) is 5.69 Å². The number of aryl methyl sites for hydroxylation is 1. The minimum absolute atomic E-state index is 0.136. The molecule has 2 aromatic rings. The number of aromatic nitrogens is 2. The second-order valence-electron chi connectivity index (χ2n) is 7.55. The van der Waals surface area contributed by atoms with Gasteiger partial charge in [-0.25, -0.2) is 0 Å². The van der Waals surface area contributed by atoms with E-state index in [1.54, 1.807) is 22.8 Å². The third-order valence-electron chi connectivity index (χ3n) is 5.84. The van der Waals surface area contributed by atoms with Crippen molar-refractivity contribution in [3.63, 3.8) is 0 Å². The van der Waals surface area contributed by atoms with Crippen molar-refractivity contribution in [2.45, 2.75) is 30.9 Å². The number of halogens is 1. The van der Waals surface area contributed by atoms with Gasteiger partial charge in [-0.15, -0.1) is 0 Å². The number of nitrogens with zero attached hydrogens (tertiary/aromatic N) is 4. The Morgan fingerprint density at radius 3 is 2.56 bits per heavy atom. The lowest BCUT2D eigenvalue weighted by Crippen LogP contribution is -2.61. The highest BCUT2D eigenvalue weighted by molar-refractivity contribution is 6.33. The van der Waals surface area contributed by atoms with E-state index in [2.05, 4.69) is 10.00 Å². The molecule has 2 saturated heterocycles. The van der Waals surface area contributed by atoms with E-state index in [0.29, 0.717) is 24.5 Å². The van der Waals surface area contributed by atoms with Gasteiger partial charge in [0.2, 0.25) is 0 Å². The molecule has 0 bridgehead atoms. The highest BCUT2D eigenvalue weighted by atomic mass is 35.5. The summed E-state index contributed by atoms with van der Waals surface area (Å²) in [5.74, 6) is -0.167. The Morgan fingerprint density at radius 2 is 1.93 bits per heavy atom. The fourth-order valence-corrected chi connectivity index (χ4v) is 4.66. The minimum Gasteiger partial charge on any atom is -0.383 e. The lowest BCUT2D eigenvalue weighted by Gasteiger charge is -2.48. The molecule has 0 saturated carbocycles. The molecule has 144 valence electrons. The lowest BCUT2D eigenvalue weighted by atomic mass is 9.79. The average Bonchev–Trinajstić information content (AvgIpc) is 3.32. The van der Waals surface area contributed by atoms with Crippen LogP contribution >= 0.6 is 11.6 Å². The van der Waals surface area contributed by atoms with Gasteiger partial charge in [0.25, 0.3) is 5.91 Å². The summed E-state index contributed by atoms with van der Waals surface area (Å²) in [5.41, 5.74) is 0.241. The van der Waals surface area contributed by atoms with E-state index in [1.165, 1.54) is 0 Å². The molecule has 2 atom stereocenters. The Bertz CT molecular complexity index is 819. The predicted molar refractivity (Wildman–Crippen MR) is 104 cm³/mol. The second kappa shape index (κ2) is 7.26. The fraction of sp³-hybridized carbons (Fsp3) is 0.500. The number of aliphatic hydroxyl groups is 1. The van der Waals surface area contributed by atoms with Gasteiger partial charge in [0, 0.05) is 26.3 Å². The van der Waals surface area contributed by atoms with Crippen LogP contribution in [-0.2, 0) is 12.6 Å². The molecule has 0 spiro atoms. The van der Waals surface area contributed by atoms with Crippen LogP contribution in [0.1, 0.15) is 35.3 Å². The largest absolute Gasteiger partial charge is 0.383 e. The van der Waals surface area contributed by atoms with E-state index in [4.69, 9.17) is 11.6 Å². The summed E-state index contributed by atoms with van der Waals surface area (Å²) in [6.45, 7) is 2.84. The highest BCUT2D eigenvalue weighted by Crippen LogP contribution is 2.37. The number of carbonyl (C=O) groups is 1. The SMILES string of the molecule is Cn1cc(Cl)c(C(=O)N2CC[C@](O)(c3ccccc3)[C@H](N3CCCC3)C2)n1. The molecule has 0 radical (unpaired) electrons. The quantitative estimate of drug-likeness (QED) is 0.876. The number of hydrogen-bond acceptors (Lipinski definition) is 4. The number of rotatable bonds is 3. The van der Waals surface area contributed by atoms with Crippen LogP contribution < -0.4 is 0 Å². The summed E-state index contributed by atoms with van der Waals surface area (Å²) in [7, 11) is 1.75. The van der Waals surface area contributed by atoms with Gasteiger partial charge in [-0.3, -0.25) is 14.4 Å². The van der Waals surface area contributed by atoms with Crippen molar-refractivity contribution in [2.24, 2.45) is 7.05 Å². The molecule has 1 amide bonds. The second-order valence-corrected chi connectivity index (χ2v) is 7.96. The zero-order valence-electron chi connectivity index (χ0n) is 15.5. The smallest absolute Gasteiger partial charge is 0.275 e. The molecule has 1 aromatic carbocycles. The zero-order chi connectivity index (χ0) is 19.0. The van der Waals surface area contributed by atoms with E-state index in [-0.39, 0.29) is 17.6 Å². The van der Waals surface area contributed by atoms with Crippen LogP contribution in [0.3, 0.4) is 0 Å². The van der Waals surface area contributed by atoms with E-state index in [0.717, 1.165) is 31.5 Å². The maximum Gasteiger partial charge on any atom is 0.275 e. The molecule has 2 fully saturated rings. The van der Waals surface area contributed by atoms with Gasteiger partial charge in [0.1, 0.15) is 5.60 Å². The molecular weight excluding hydrogens is 364 g/mol. The van der Waals surface area contributed by atoms with Crippen LogP contribution in [-0.4, -0.2) is 62.8 Å². The first-order chi connectivity index (χ1) is 13.0. The number of amides is 1. The standard InChI is InChI=1S/C20H25ClN4O2/c1-23-13-16(21)18(22-23)19(26)25-12-9-20(27,15-7-3-2-4-8-15)17(14-25)24-10-5-6-11-24/h2-4,7-8,13,17,27H,5-6,9-12,14H2,1H3/t17-,20+/m1/s1. The highest BCUT2D eigenvalue weighted by Gasteiger charge is 2.47. The summed E-state index contributed by atoms with van der Waals surface area (Å²) in [6.07, 6.45) is 4.38. The van der Waals surface area contributed by atoms with Crippen LogP contribution in [0.25, 0.3) is 0 Å². The first kappa shape index (κ1) is 18.5. The topological polar surface area (TPSA) is 61.6 Å². The summed E-state index contributed by atoms with van der Waals surface area (Å²) in [4.78, 5) is 17.1. The van der Waals surface area contributed by atoms with Crippen LogP contribution in [0.5, 0.6) is 0 Å². The van der Waals surface area contributed by atoms with Gasteiger partial charge >= 0.3 is 0 Å². The monoisotopic (exact) mass is 388 g/mol.